The van der Waals surface area contributed by atoms with Crippen molar-refractivity contribution in [2.24, 2.45) is 0 Å². The Kier molecular flexibility index (Phi) is 4.81. The highest BCUT2D eigenvalue weighted by Gasteiger charge is 2.16. The summed E-state index contributed by atoms with van der Waals surface area (Å²) in [6.45, 7) is 2.24. The van der Waals surface area contributed by atoms with Crippen molar-refractivity contribution in [1.82, 2.24) is 15.1 Å². The summed E-state index contributed by atoms with van der Waals surface area (Å²) in [5.41, 5.74) is 1.69. The van der Waals surface area contributed by atoms with Crippen molar-refractivity contribution in [3.63, 3.8) is 0 Å². The zero-order chi connectivity index (χ0) is 15.5. The number of aromatic nitrogens is 2. The number of hydrogen-bond donors (Lipinski definition) is 1. The number of nitrogens with zero attached hydrogens (tertiary/aromatic N) is 3. The molecular weight excluding hydrogens is 319 g/mol. The van der Waals surface area contributed by atoms with Gasteiger partial charge in [0.15, 0.2) is 0 Å². The van der Waals surface area contributed by atoms with Gasteiger partial charge in [-0.05, 0) is 57.2 Å². The normalized spacial score (nSPS) is 16.7. The topological polar surface area (TPSA) is 41.0 Å². The maximum absolute atomic E-state index is 6.04. The monoisotopic (exact) mass is 336 g/mol. The first-order chi connectivity index (χ1) is 10.6. The van der Waals surface area contributed by atoms with E-state index in [1.807, 2.05) is 18.2 Å². The molecule has 1 aliphatic heterocycles. The first-order valence-electron chi connectivity index (χ1n) is 7.36. The standard InChI is InChI=1S/C16H18Cl2N4/c1-22-8-6-12(7-9-22)19-16-5-4-15(20-21-16)11-2-3-13(17)14(18)10-11/h2-5,10,12H,6-9H2,1H3,(H,19,21). The molecule has 0 unspecified atom stereocenters. The van der Waals surface area contributed by atoms with Crippen LogP contribution >= 0.6 is 23.2 Å². The average molecular weight is 337 g/mol. The Hall–Kier alpha value is -1.36. The largest absolute Gasteiger partial charge is 0.366 e. The van der Waals surface area contributed by atoms with Crippen LogP contribution in [0, 0.1) is 0 Å². The Morgan fingerprint density at radius 1 is 1.05 bits per heavy atom. The molecule has 0 spiro atoms. The predicted molar refractivity (Wildman–Crippen MR) is 91.6 cm³/mol. The lowest BCUT2D eigenvalue weighted by Crippen LogP contribution is -2.36. The van der Waals surface area contributed by atoms with Crippen LogP contribution in [-0.2, 0) is 0 Å². The Morgan fingerprint density at radius 3 is 2.45 bits per heavy atom. The molecule has 0 bridgehead atoms. The van der Waals surface area contributed by atoms with Gasteiger partial charge in [-0.2, -0.15) is 0 Å². The van der Waals surface area contributed by atoms with E-state index in [9.17, 15) is 0 Å². The van der Waals surface area contributed by atoms with Crippen LogP contribution in [0.5, 0.6) is 0 Å². The van der Waals surface area contributed by atoms with Gasteiger partial charge >= 0.3 is 0 Å². The van der Waals surface area contributed by atoms with Gasteiger partial charge < -0.3 is 10.2 Å². The van der Waals surface area contributed by atoms with Gasteiger partial charge in [-0.25, -0.2) is 0 Å². The fraction of sp³-hybridized carbons (Fsp3) is 0.375. The summed E-state index contributed by atoms with van der Waals surface area (Å²) < 4.78 is 0. The van der Waals surface area contributed by atoms with E-state index in [1.54, 1.807) is 12.1 Å². The SMILES string of the molecule is CN1CCC(Nc2ccc(-c3ccc(Cl)c(Cl)c3)nn2)CC1. The second kappa shape index (κ2) is 6.82. The molecule has 1 N–H and O–H groups in total. The van der Waals surface area contributed by atoms with E-state index in [4.69, 9.17) is 23.2 Å². The maximum Gasteiger partial charge on any atom is 0.148 e. The van der Waals surface area contributed by atoms with E-state index in [-0.39, 0.29) is 0 Å². The van der Waals surface area contributed by atoms with Gasteiger partial charge in [-0.1, -0.05) is 29.3 Å². The number of halogens is 2. The number of hydrogen-bond acceptors (Lipinski definition) is 4. The van der Waals surface area contributed by atoms with E-state index >= 15 is 0 Å². The molecule has 22 heavy (non-hydrogen) atoms. The molecule has 3 rings (SSSR count). The molecule has 0 aliphatic carbocycles. The molecular formula is C16H18Cl2N4. The zero-order valence-corrected chi connectivity index (χ0v) is 13.9. The van der Waals surface area contributed by atoms with Crippen LogP contribution in [0.15, 0.2) is 30.3 Å². The Labute approximate surface area is 140 Å². The Morgan fingerprint density at radius 2 is 1.82 bits per heavy atom. The van der Waals surface area contributed by atoms with Gasteiger partial charge in [0.05, 0.1) is 15.7 Å². The molecule has 0 atom stereocenters. The minimum atomic E-state index is 0.473. The summed E-state index contributed by atoms with van der Waals surface area (Å²) in [7, 11) is 2.15. The molecule has 1 saturated heterocycles. The molecule has 1 aromatic heterocycles. The first-order valence-corrected chi connectivity index (χ1v) is 8.11. The Balaban J connectivity index is 1.68. The van der Waals surface area contributed by atoms with E-state index in [1.165, 1.54) is 0 Å². The second-order valence-corrected chi connectivity index (χ2v) is 6.47. The molecule has 1 fully saturated rings. The van der Waals surface area contributed by atoms with Crippen molar-refractivity contribution < 1.29 is 0 Å². The summed E-state index contributed by atoms with van der Waals surface area (Å²) in [4.78, 5) is 2.34. The van der Waals surface area contributed by atoms with E-state index in [0.717, 1.165) is 43.0 Å². The van der Waals surface area contributed by atoms with Gasteiger partial charge in [-0.15, -0.1) is 10.2 Å². The highest BCUT2D eigenvalue weighted by Crippen LogP contribution is 2.27. The third-order valence-corrected chi connectivity index (χ3v) is 4.69. The molecule has 4 nitrogen and oxygen atoms in total. The summed E-state index contributed by atoms with van der Waals surface area (Å²) in [6, 6.07) is 9.85. The lowest BCUT2D eigenvalue weighted by Gasteiger charge is -2.29. The van der Waals surface area contributed by atoms with Crippen molar-refractivity contribution in [2.45, 2.75) is 18.9 Å². The van der Waals surface area contributed by atoms with E-state index < -0.39 is 0 Å². The van der Waals surface area contributed by atoms with Gasteiger partial charge in [0, 0.05) is 11.6 Å². The quantitative estimate of drug-likeness (QED) is 0.921. The number of benzene rings is 1. The molecule has 0 saturated carbocycles. The van der Waals surface area contributed by atoms with Crippen molar-refractivity contribution in [1.29, 1.82) is 0 Å². The van der Waals surface area contributed by atoms with Gasteiger partial charge in [0.25, 0.3) is 0 Å². The lowest BCUT2D eigenvalue weighted by molar-refractivity contribution is 0.263. The highest BCUT2D eigenvalue weighted by atomic mass is 35.5. The molecule has 0 radical (unpaired) electrons. The third kappa shape index (κ3) is 3.69. The number of nitrogens with one attached hydrogen (secondary N) is 1. The fourth-order valence-corrected chi connectivity index (χ4v) is 2.88. The smallest absolute Gasteiger partial charge is 0.148 e. The summed E-state index contributed by atoms with van der Waals surface area (Å²) >= 11 is 12.0. The highest BCUT2D eigenvalue weighted by molar-refractivity contribution is 6.42. The van der Waals surface area contributed by atoms with Crippen LogP contribution in [0.2, 0.25) is 10.0 Å². The van der Waals surface area contributed by atoms with Crippen molar-refractivity contribution in [3.8, 4) is 11.3 Å². The summed E-state index contributed by atoms with van der Waals surface area (Å²) in [5, 5.41) is 13.1. The molecule has 1 aliphatic rings. The van der Waals surface area contributed by atoms with Crippen LogP contribution in [0.1, 0.15) is 12.8 Å². The van der Waals surface area contributed by atoms with Gasteiger partial charge in [0.2, 0.25) is 0 Å². The van der Waals surface area contributed by atoms with Gasteiger partial charge in [-0.3, -0.25) is 0 Å². The second-order valence-electron chi connectivity index (χ2n) is 5.65. The van der Waals surface area contributed by atoms with Crippen molar-refractivity contribution in [2.75, 3.05) is 25.5 Å². The van der Waals surface area contributed by atoms with E-state index in [0.29, 0.717) is 16.1 Å². The van der Waals surface area contributed by atoms with Crippen LogP contribution in [0.25, 0.3) is 11.3 Å². The average Bonchev–Trinajstić information content (AvgIpc) is 2.53. The maximum atomic E-state index is 6.04. The molecule has 6 heteroatoms. The van der Waals surface area contributed by atoms with Crippen LogP contribution in [0.3, 0.4) is 0 Å². The van der Waals surface area contributed by atoms with E-state index in [2.05, 4.69) is 27.5 Å². The third-order valence-electron chi connectivity index (χ3n) is 3.95. The minimum absolute atomic E-state index is 0.473. The lowest BCUT2D eigenvalue weighted by atomic mass is 10.1. The Bertz CT molecular complexity index is 637. The molecule has 1 aromatic carbocycles. The zero-order valence-electron chi connectivity index (χ0n) is 12.4. The molecule has 116 valence electrons. The first kappa shape index (κ1) is 15.5. The number of anilines is 1. The summed E-state index contributed by atoms with van der Waals surface area (Å²) in [5.74, 6) is 0.818. The van der Waals surface area contributed by atoms with Crippen molar-refractivity contribution in [3.05, 3.63) is 40.4 Å². The predicted octanol–water partition coefficient (Wildman–Crippen LogP) is 3.96. The summed E-state index contributed by atoms with van der Waals surface area (Å²) in [6.07, 6.45) is 2.26. The minimum Gasteiger partial charge on any atom is -0.366 e. The molecule has 2 heterocycles. The van der Waals surface area contributed by atoms with Crippen molar-refractivity contribution >= 4 is 29.0 Å². The van der Waals surface area contributed by atoms with Crippen LogP contribution in [0.4, 0.5) is 5.82 Å². The van der Waals surface area contributed by atoms with Crippen LogP contribution in [-0.4, -0.2) is 41.3 Å². The molecule has 0 amide bonds. The van der Waals surface area contributed by atoms with Gasteiger partial charge in [0.1, 0.15) is 5.82 Å². The fourth-order valence-electron chi connectivity index (χ4n) is 2.58. The number of rotatable bonds is 3. The molecule has 2 aromatic rings. The number of piperidine rings is 1. The number of likely N-dealkylation sites (tertiary alicyclic amines) is 1. The van der Waals surface area contributed by atoms with Crippen LogP contribution < -0.4 is 5.32 Å².